The molecule has 208 valence electrons. The molecule has 0 saturated heterocycles. The number of esters is 1. The summed E-state index contributed by atoms with van der Waals surface area (Å²) in [6.45, 7) is 18.4. The predicted molar refractivity (Wildman–Crippen MR) is 143 cm³/mol. The maximum absolute atomic E-state index is 13.9. The van der Waals surface area contributed by atoms with Crippen molar-refractivity contribution in [3.8, 4) is 0 Å². The summed E-state index contributed by atoms with van der Waals surface area (Å²) in [4.78, 5) is 53.3. The van der Waals surface area contributed by atoms with E-state index in [9.17, 15) is 19.2 Å². The molecule has 0 fully saturated rings. The standard InChI is InChI=1S/C28H45N3O6/c1-11-28(9,10)31(25(34)20(5)30-26(35)37-27(6,7)8)23(21-14-13-18(3)19(4)17-21)24(33)29-16-15-22(32)36-12-2/h13-14,17,20,23H,11-12,15-16H2,1-10H3,(H,29,33)(H,30,35). The normalized spacial score (nSPS) is 13.2. The molecule has 0 heterocycles. The molecular weight excluding hydrogens is 474 g/mol. The summed E-state index contributed by atoms with van der Waals surface area (Å²) in [6, 6.07) is 3.68. The van der Waals surface area contributed by atoms with Crippen molar-refractivity contribution >= 4 is 23.9 Å². The SMILES string of the molecule is CCOC(=O)CCNC(=O)C(c1ccc(C)c(C)c1)N(C(=O)C(C)NC(=O)OC(C)(C)C)C(C)(C)CC. The Morgan fingerprint density at radius 2 is 1.62 bits per heavy atom. The van der Waals surface area contributed by atoms with Gasteiger partial charge in [-0.25, -0.2) is 4.79 Å². The Kier molecular flexibility index (Phi) is 11.6. The number of alkyl carbamates (subject to hydrolysis) is 1. The van der Waals surface area contributed by atoms with Gasteiger partial charge in [-0.2, -0.15) is 0 Å². The Bertz CT molecular complexity index is 967. The van der Waals surface area contributed by atoms with Crippen LogP contribution < -0.4 is 10.6 Å². The van der Waals surface area contributed by atoms with Gasteiger partial charge in [0.25, 0.3) is 0 Å². The van der Waals surface area contributed by atoms with Gasteiger partial charge in [0.15, 0.2) is 0 Å². The third-order valence-corrected chi connectivity index (χ3v) is 6.15. The van der Waals surface area contributed by atoms with Crippen molar-refractivity contribution in [3.05, 3.63) is 34.9 Å². The topological polar surface area (TPSA) is 114 Å². The fourth-order valence-electron chi connectivity index (χ4n) is 3.67. The third kappa shape index (κ3) is 9.70. The summed E-state index contributed by atoms with van der Waals surface area (Å²) >= 11 is 0. The van der Waals surface area contributed by atoms with Crippen molar-refractivity contribution in [3.63, 3.8) is 0 Å². The highest BCUT2D eigenvalue weighted by molar-refractivity contribution is 5.92. The largest absolute Gasteiger partial charge is 0.466 e. The van der Waals surface area contributed by atoms with Gasteiger partial charge in [0.05, 0.1) is 13.0 Å². The average molecular weight is 520 g/mol. The molecule has 2 atom stereocenters. The number of carbonyl (C=O) groups excluding carboxylic acids is 4. The molecule has 0 aromatic heterocycles. The van der Waals surface area contributed by atoms with Crippen molar-refractivity contribution in [2.75, 3.05) is 13.2 Å². The van der Waals surface area contributed by atoms with E-state index in [4.69, 9.17) is 9.47 Å². The van der Waals surface area contributed by atoms with Crippen LogP contribution in [0.3, 0.4) is 0 Å². The van der Waals surface area contributed by atoms with Crippen LogP contribution in [0.2, 0.25) is 0 Å². The Morgan fingerprint density at radius 1 is 1.00 bits per heavy atom. The van der Waals surface area contributed by atoms with Crippen molar-refractivity contribution < 1.29 is 28.7 Å². The Morgan fingerprint density at radius 3 is 2.14 bits per heavy atom. The number of nitrogens with one attached hydrogen (secondary N) is 2. The Labute approximate surface area is 221 Å². The van der Waals surface area contributed by atoms with Crippen LogP contribution >= 0.6 is 0 Å². The molecule has 0 aliphatic rings. The van der Waals surface area contributed by atoms with Crippen LogP contribution in [0.25, 0.3) is 0 Å². The number of hydrogen-bond donors (Lipinski definition) is 2. The van der Waals surface area contributed by atoms with E-state index in [0.717, 1.165) is 11.1 Å². The average Bonchev–Trinajstić information content (AvgIpc) is 2.77. The van der Waals surface area contributed by atoms with Crippen LogP contribution in [0.5, 0.6) is 0 Å². The quantitative estimate of drug-likeness (QED) is 0.420. The molecule has 0 saturated carbocycles. The maximum atomic E-state index is 13.9. The second-order valence-electron chi connectivity index (χ2n) is 10.8. The predicted octanol–water partition coefficient (Wildman–Crippen LogP) is 4.34. The Balaban J connectivity index is 3.44. The first-order chi connectivity index (χ1) is 17.0. The van der Waals surface area contributed by atoms with Gasteiger partial charge in [0.2, 0.25) is 11.8 Å². The molecule has 0 bridgehead atoms. The van der Waals surface area contributed by atoms with E-state index in [0.29, 0.717) is 12.0 Å². The van der Waals surface area contributed by atoms with Gasteiger partial charge in [0, 0.05) is 12.1 Å². The summed E-state index contributed by atoms with van der Waals surface area (Å²) in [6.07, 6.45) is -0.153. The number of ether oxygens (including phenoxy) is 2. The molecule has 0 aliphatic carbocycles. The highest BCUT2D eigenvalue weighted by atomic mass is 16.6. The van der Waals surface area contributed by atoms with Gasteiger partial charge < -0.3 is 25.0 Å². The molecular formula is C28H45N3O6. The first kappa shape index (κ1) is 31.9. The number of amides is 3. The van der Waals surface area contributed by atoms with Crippen molar-refractivity contribution in [1.29, 1.82) is 0 Å². The molecule has 2 unspecified atom stereocenters. The molecule has 0 aliphatic heterocycles. The van der Waals surface area contributed by atoms with Gasteiger partial charge >= 0.3 is 12.1 Å². The van der Waals surface area contributed by atoms with Crippen LogP contribution in [-0.4, -0.2) is 59.1 Å². The van der Waals surface area contributed by atoms with E-state index in [2.05, 4.69) is 10.6 Å². The number of aryl methyl sites for hydroxylation is 2. The van der Waals surface area contributed by atoms with Crippen molar-refractivity contribution in [1.82, 2.24) is 15.5 Å². The first-order valence-corrected chi connectivity index (χ1v) is 12.9. The number of hydrogen-bond acceptors (Lipinski definition) is 6. The van der Waals surface area contributed by atoms with E-state index in [1.807, 2.05) is 52.8 Å². The lowest BCUT2D eigenvalue weighted by Crippen LogP contribution is -2.58. The molecule has 9 nitrogen and oxygen atoms in total. The van der Waals surface area contributed by atoms with Gasteiger partial charge in [-0.15, -0.1) is 0 Å². The first-order valence-electron chi connectivity index (χ1n) is 12.9. The van der Waals surface area contributed by atoms with E-state index < -0.39 is 47.1 Å². The van der Waals surface area contributed by atoms with Gasteiger partial charge in [-0.3, -0.25) is 14.4 Å². The molecule has 0 spiro atoms. The lowest BCUT2D eigenvalue weighted by molar-refractivity contribution is -0.149. The van der Waals surface area contributed by atoms with E-state index in [1.54, 1.807) is 34.6 Å². The van der Waals surface area contributed by atoms with Crippen LogP contribution in [0.15, 0.2) is 18.2 Å². The van der Waals surface area contributed by atoms with Crippen molar-refractivity contribution in [2.24, 2.45) is 0 Å². The lowest BCUT2D eigenvalue weighted by Gasteiger charge is -2.44. The zero-order chi connectivity index (χ0) is 28.6. The number of benzene rings is 1. The number of carbonyl (C=O) groups is 4. The molecule has 9 heteroatoms. The molecule has 3 amide bonds. The second kappa shape index (κ2) is 13.4. The van der Waals surface area contributed by atoms with Crippen LogP contribution in [-0.2, 0) is 23.9 Å². The zero-order valence-electron chi connectivity index (χ0n) is 24.1. The third-order valence-electron chi connectivity index (χ3n) is 6.15. The minimum atomic E-state index is -0.994. The van der Waals surface area contributed by atoms with E-state index in [1.165, 1.54) is 4.90 Å². The van der Waals surface area contributed by atoms with Crippen molar-refractivity contribution in [2.45, 2.75) is 105 Å². The van der Waals surface area contributed by atoms with Crippen LogP contribution in [0.4, 0.5) is 4.79 Å². The molecule has 1 rings (SSSR count). The van der Waals surface area contributed by atoms with E-state index in [-0.39, 0.29) is 19.6 Å². The summed E-state index contributed by atoms with van der Waals surface area (Å²) in [5.41, 5.74) is 1.19. The van der Waals surface area contributed by atoms with Crippen LogP contribution in [0.1, 0.15) is 91.0 Å². The number of nitrogens with zero attached hydrogens (tertiary/aromatic N) is 1. The highest BCUT2D eigenvalue weighted by Gasteiger charge is 2.42. The minimum Gasteiger partial charge on any atom is -0.466 e. The molecule has 37 heavy (non-hydrogen) atoms. The van der Waals surface area contributed by atoms with Crippen LogP contribution in [0, 0.1) is 13.8 Å². The summed E-state index contributed by atoms with van der Waals surface area (Å²) in [5.74, 6) is -1.27. The Hall–Kier alpha value is -3.10. The maximum Gasteiger partial charge on any atom is 0.408 e. The fourth-order valence-corrected chi connectivity index (χ4v) is 3.67. The monoisotopic (exact) mass is 519 g/mol. The molecule has 1 aromatic rings. The zero-order valence-corrected chi connectivity index (χ0v) is 24.1. The molecule has 2 N–H and O–H groups in total. The fraction of sp³-hybridized carbons (Fsp3) is 0.643. The molecule has 1 aromatic carbocycles. The molecule has 0 radical (unpaired) electrons. The minimum absolute atomic E-state index is 0.0148. The van der Waals surface area contributed by atoms with Gasteiger partial charge in [-0.05, 0) is 85.4 Å². The number of rotatable bonds is 11. The van der Waals surface area contributed by atoms with Gasteiger partial charge in [0.1, 0.15) is 17.7 Å². The summed E-state index contributed by atoms with van der Waals surface area (Å²) < 4.78 is 10.3. The summed E-state index contributed by atoms with van der Waals surface area (Å²) in [7, 11) is 0. The summed E-state index contributed by atoms with van der Waals surface area (Å²) in [5, 5.41) is 5.41. The highest BCUT2D eigenvalue weighted by Crippen LogP contribution is 2.33. The smallest absolute Gasteiger partial charge is 0.408 e. The lowest BCUT2D eigenvalue weighted by atomic mass is 9.91. The van der Waals surface area contributed by atoms with E-state index >= 15 is 0 Å². The van der Waals surface area contributed by atoms with Gasteiger partial charge in [-0.1, -0.05) is 25.1 Å². The second-order valence-corrected chi connectivity index (χ2v) is 10.8.